The van der Waals surface area contributed by atoms with Crippen LogP contribution in [0.1, 0.15) is 55.8 Å². The lowest BCUT2D eigenvalue weighted by atomic mass is 9.83. The minimum atomic E-state index is -3.97. The number of carbonyl (C=O) groups is 1. The zero-order valence-electron chi connectivity index (χ0n) is 21.3. The third kappa shape index (κ3) is 4.98. The molecule has 1 heterocycles. The Hall–Kier alpha value is -3.32. The maximum absolute atomic E-state index is 13.7. The van der Waals surface area contributed by atoms with Crippen molar-refractivity contribution in [3.8, 4) is 5.75 Å². The van der Waals surface area contributed by atoms with Gasteiger partial charge in [0.05, 0.1) is 16.6 Å². The molecule has 3 aromatic rings. The van der Waals surface area contributed by atoms with Gasteiger partial charge in [-0.3, -0.25) is 9.10 Å². The van der Waals surface area contributed by atoms with Crippen molar-refractivity contribution in [1.29, 1.82) is 0 Å². The first kappa shape index (κ1) is 25.8. The Labute approximate surface area is 214 Å². The van der Waals surface area contributed by atoms with Gasteiger partial charge in [-0.2, -0.15) is 0 Å². The van der Waals surface area contributed by atoms with Gasteiger partial charge in [-0.25, -0.2) is 8.42 Å². The SMILES string of the molecule is CCC1(CC)C[C@H](NC(=O)CN(c2cccc(C)c2C)S(=O)(=O)c2ccccc2)c2ccccc2O1. The molecule has 1 atom stereocenters. The average molecular weight is 507 g/mol. The molecule has 0 saturated carbocycles. The zero-order valence-corrected chi connectivity index (χ0v) is 22.1. The summed E-state index contributed by atoms with van der Waals surface area (Å²) < 4.78 is 35.1. The number of nitrogens with one attached hydrogen (secondary N) is 1. The van der Waals surface area contributed by atoms with Crippen molar-refractivity contribution >= 4 is 21.6 Å². The van der Waals surface area contributed by atoms with E-state index in [4.69, 9.17) is 4.74 Å². The lowest BCUT2D eigenvalue weighted by Gasteiger charge is -2.41. The smallest absolute Gasteiger partial charge is 0.264 e. The quantitative estimate of drug-likeness (QED) is 0.425. The van der Waals surface area contributed by atoms with Gasteiger partial charge < -0.3 is 10.1 Å². The number of hydrogen-bond acceptors (Lipinski definition) is 4. The molecule has 0 radical (unpaired) electrons. The van der Waals surface area contributed by atoms with Crippen LogP contribution in [0.15, 0.2) is 77.7 Å². The van der Waals surface area contributed by atoms with E-state index in [1.165, 1.54) is 4.31 Å². The summed E-state index contributed by atoms with van der Waals surface area (Å²) >= 11 is 0. The van der Waals surface area contributed by atoms with Crippen molar-refractivity contribution in [2.45, 2.75) is 63.5 Å². The van der Waals surface area contributed by atoms with Gasteiger partial charge in [0.15, 0.2) is 0 Å². The number of carbonyl (C=O) groups excluding carboxylic acids is 1. The van der Waals surface area contributed by atoms with Gasteiger partial charge in [0.1, 0.15) is 17.9 Å². The number of ether oxygens (including phenoxy) is 1. The summed E-state index contributed by atoms with van der Waals surface area (Å²) in [5, 5.41) is 3.13. The second-order valence-corrected chi connectivity index (χ2v) is 11.3. The monoisotopic (exact) mass is 506 g/mol. The molecule has 0 fully saturated rings. The van der Waals surface area contributed by atoms with Gasteiger partial charge in [0.2, 0.25) is 5.91 Å². The highest BCUT2D eigenvalue weighted by Gasteiger charge is 2.39. The molecule has 6 nitrogen and oxygen atoms in total. The summed E-state index contributed by atoms with van der Waals surface area (Å²) in [4.78, 5) is 13.7. The van der Waals surface area contributed by atoms with E-state index in [2.05, 4.69) is 19.2 Å². The summed E-state index contributed by atoms with van der Waals surface area (Å²) in [7, 11) is -3.97. The van der Waals surface area contributed by atoms with E-state index in [-0.39, 0.29) is 29.0 Å². The normalized spacial score (nSPS) is 16.5. The van der Waals surface area contributed by atoms with Crippen LogP contribution < -0.4 is 14.4 Å². The number of amides is 1. The molecule has 1 aliphatic heterocycles. The number of hydrogen-bond donors (Lipinski definition) is 1. The first-order valence-electron chi connectivity index (χ1n) is 12.4. The molecule has 0 aromatic heterocycles. The minimum Gasteiger partial charge on any atom is -0.487 e. The predicted octanol–water partition coefficient (Wildman–Crippen LogP) is 5.70. The molecular formula is C29H34N2O4S. The highest BCUT2D eigenvalue weighted by atomic mass is 32.2. The molecule has 7 heteroatoms. The van der Waals surface area contributed by atoms with E-state index in [0.717, 1.165) is 35.3 Å². The molecule has 4 rings (SSSR count). The molecule has 0 unspecified atom stereocenters. The number of fused-ring (bicyclic) bond motifs is 1. The van der Waals surface area contributed by atoms with E-state index in [1.54, 1.807) is 36.4 Å². The molecule has 3 aromatic carbocycles. The Balaban J connectivity index is 1.68. The van der Waals surface area contributed by atoms with Crippen LogP contribution in [0.4, 0.5) is 5.69 Å². The fraction of sp³-hybridized carbons (Fsp3) is 0.345. The molecule has 0 bridgehead atoms. The van der Waals surface area contributed by atoms with Gasteiger partial charge in [-0.05, 0) is 62.1 Å². The van der Waals surface area contributed by atoms with Gasteiger partial charge in [0, 0.05) is 12.0 Å². The predicted molar refractivity (Wildman–Crippen MR) is 143 cm³/mol. The fourth-order valence-corrected chi connectivity index (χ4v) is 6.33. The number of sulfonamides is 1. The van der Waals surface area contributed by atoms with E-state index >= 15 is 0 Å². The molecule has 1 amide bonds. The topological polar surface area (TPSA) is 75.7 Å². The number of rotatable bonds is 8. The van der Waals surface area contributed by atoms with Crippen molar-refractivity contribution in [3.63, 3.8) is 0 Å². The maximum Gasteiger partial charge on any atom is 0.264 e. The van der Waals surface area contributed by atoms with Crippen LogP contribution in [-0.4, -0.2) is 26.5 Å². The van der Waals surface area contributed by atoms with Gasteiger partial charge in [-0.1, -0.05) is 62.4 Å². The fourth-order valence-electron chi connectivity index (χ4n) is 4.83. The van der Waals surface area contributed by atoms with E-state index < -0.39 is 10.0 Å². The Kier molecular flexibility index (Phi) is 7.41. The number of benzene rings is 3. The lowest BCUT2D eigenvalue weighted by Crippen LogP contribution is -2.47. The second-order valence-electron chi connectivity index (χ2n) is 9.40. The second kappa shape index (κ2) is 10.3. The Morgan fingerprint density at radius 3 is 2.33 bits per heavy atom. The molecule has 36 heavy (non-hydrogen) atoms. The van der Waals surface area contributed by atoms with E-state index in [9.17, 15) is 13.2 Å². The van der Waals surface area contributed by atoms with Crippen LogP contribution in [0.3, 0.4) is 0 Å². The van der Waals surface area contributed by atoms with Crippen LogP contribution in [0.2, 0.25) is 0 Å². The summed E-state index contributed by atoms with van der Waals surface area (Å²) in [6.45, 7) is 7.66. The van der Waals surface area contributed by atoms with Gasteiger partial charge >= 0.3 is 0 Å². The summed E-state index contributed by atoms with van der Waals surface area (Å²) in [5.41, 5.74) is 2.80. The summed E-state index contributed by atoms with van der Waals surface area (Å²) in [6, 6.07) is 21.2. The largest absolute Gasteiger partial charge is 0.487 e. The minimum absolute atomic E-state index is 0.145. The van der Waals surface area contributed by atoms with Crippen LogP contribution >= 0.6 is 0 Å². The number of anilines is 1. The van der Waals surface area contributed by atoms with Gasteiger partial charge in [0.25, 0.3) is 10.0 Å². The molecular weight excluding hydrogens is 472 g/mol. The molecule has 0 saturated heterocycles. The maximum atomic E-state index is 13.7. The highest BCUT2D eigenvalue weighted by molar-refractivity contribution is 7.92. The molecule has 1 aliphatic rings. The third-order valence-corrected chi connectivity index (χ3v) is 9.06. The van der Waals surface area contributed by atoms with E-state index in [1.807, 2.05) is 50.2 Å². The first-order valence-corrected chi connectivity index (χ1v) is 13.9. The first-order chi connectivity index (χ1) is 17.2. The molecule has 1 N–H and O–H groups in total. The highest BCUT2D eigenvalue weighted by Crippen LogP contribution is 2.42. The van der Waals surface area contributed by atoms with Crippen molar-refractivity contribution < 1.29 is 17.9 Å². The molecule has 0 spiro atoms. The van der Waals surface area contributed by atoms with Crippen LogP contribution in [0, 0.1) is 13.8 Å². The zero-order chi connectivity index (χ0) is 25.9. The van der Waals surface area contributed by atoms with Crippen molar-refractivity contribution in [2.75, 3.05) is 10.8 Å². The molecule has 190 valence electrons. The summed E-state index contributed by atoms with van der Waals surface area (Å²) in [5.74, 6) is 0.402. The van der Waals surface area contributed by atoms with Crippen molar-refractivity contribution in [1.82, 2.24) is 5.32 Å². The Morgan fingerprint density at radius 1 is 0.972 bits per heavy atom. The van der Waals surface area contributed by atoms with Crippen LogP contribution in [0.5, 0.6) is 5.75 Å². The van der Waals surface area contributed by atoms with Crippen LogP contribution in [-0.2, 0) is 14.8 Å². The standard InChI is InChI=1S/C29H34N2O4S/c1-5-29(6-2)19-25(24-16-10-11-18-27(24)35-29)30-28(32)20-31(26-17-12-13-21(3)22(26)4)36(33,34)23-14-8-7-9-15-23/h7-18,25H,5-6,19-20H2,1-4H3,(H,30,32)/t25-/m0/s1. The van der Waals surface area contributed by atoms with E-state index in [0.29, 0.717) is 12.1 Å². The lowest BCUT2D eigenvalue weighted by molar-refractivity contribution is -0.121. The number of para-hydroxylation sites is 1. The van der Waals surface area contributed by atoms with Crippen LogP contribution in [0.25, 0.3) is 0 Å². The van der Waals surface area contributed by atoms with Crippen molar-refractivity contribution in [2.24, 2.45) is 0 Å². The third-order valence-electron chi connectivity index (χ3n) is 7.28. The van der Waals surface area contributed by atoms with Gasteiger partial charge in [-0.15, -0.1) is 0 Å². The average Bonchev–Trinajstić information content (AvgIpc) is 2.89. The number of aryl methyl sites for hydroxylation is 1. The summed E-state index contributed by atoms with van der Waals surface area (Å²) in [6.07, 6.45) is 2.24. The Morgan fingerprint density at radius 2 is 1.64 bits per heavy atom. The Bertz CT molecular complexity index is 1330. The molecule has 0 aliphatic carbocycles. The number of nitrogens with zero attached hydrogens (tertiary/aromatic N) is 1. The van der Waals surface area contributed by atoms with Crippen molar-refractivity contribution in [3.05, 3.63) is 89.5 Å².